The highest BCUT2D eigenvalue weighted by atomic mass is 15.2. The topological polar surface area (TPSA) is 30.3 Å². The van der Waals surface area contributed by atoms with Crippen molar-refractivity contribution in [2.75, 3.05) is 27.2 Å². The van der Waals surface area contributed by atoms with Crippen LogP contribution in [0.25, 0.3) is 0 Å². The molecule has 0 spiro atoms. The van der Waals surface area contributed by atoms with E-state index in [0.29, 0.717) is 12.0 Å². The van der Waals surface area contributed by atoms with Crippen LogP contribution in [-0.2, 0) is 0 Å². The van der Waals surface area contributed by atoms with E-state index in [2.05, 4.69) is 23.9 Å². The molecular formula is C14H27N3. The van der Waals surface area contributed by atoms with E-state index in [0.717, 1.165) is 12.4 Å². The van der Waals surface area contributed by atoms with Gasteiger partial charge < -0.3 is 9.80 Å². The summed E-state index contributed by atoms with van der Waals surface area (Å²) in [5.74, 6) is 1.44. The molecule has 2 aliphatic rings. The van der Waals surface area contributed by atoms with E-state index in [1.165, 1.54) is 51.5 Å². The Balaban J connectivity index is 1.81. The molecule has 17 heavy (non-hydrogen) atoms. The molecule has 0 amide bonds. The van der Waals surface area contributed by atoms with Crippen LogP contribution in [0, 0.1) is 11.3 Å². The first-order valence-corrected chi connectivity index (χ1v) is 7.18. The second-order valence-electron chi connectivity index (χ2n) is 5.88. The third kappa shape index (κ3) is 3.21. The molecule has 3 heteroatoms. The van der Waals surface area contributed by atoms with E-state index < -0.39 is 0 Å². The highest BCUT2D eigenvalue weighted by Crippen LogP contribution is 2.26. The van der Waals surface area contributed by atoms with E-state index in [-0.39, 0.29) is 0 Å². The highest BCUT2D eigenvalue weighted by molar-refractivity contribution is 5.81. The Morgan fingerprint density at radius 2 is 1.88 bits per heavy atom. The lowest BCUT2D eigenvalue weighted by Crippen LogP contribution is -2.42. The lowest BCUT2D eigenvalue weighted by Gasteiger charge is -2.32. The first-order chi connectivity index (χ1) is 8.18. The third-order valence-corrected chi connectivity index (χ3v) is 4.56. The molecule has 3 nitrogen and oxygen atoms in total. The van der Waals surface area contributed by atoms with Gasteiger partial charge in [0.15, 0.2) is 0 Å². The number of likely N-dealkylation sites (N-methyl/N-ethyl adjacent to an activating group) is 2. The first-order valence-electron chi connectivity index (χ1n) is 7.18. The predicted molar refractivity (Wildman–Crippen MR) is 72.6 cm³/mol. The van der Waals surface area contributed by atoms with E-state index >= 15 is 0 Å². The number of hydrogen-bond acceptors (Lipinski definition) is 2. The van der Waals surface area contributed by atoms with Gasteiger partial charge in [0.05, 0.1) is 5.84 Å². The molecule has 1 aliphatic carbocycles. The van der Waals surface area contributed by atoms with Gasteiger partial charge in [0.25, 0.3) is 0 Å². The fourth-order valence-corrected chi connectivity index (χ4v) is 3.31. The number of likely N-dealkylation sites (tertiary alicyclic amines) is 1. The molecule has 0 radical (unpaired) electrons. The van der Waals surface area contributed by atoms with Crippen LogP contribution in [0.2, 0.25) is 0 Å². The molecule has 1 saturated carbocycles. The van der Waals surface area contributed by atoms with Gasteiger partial charge in [-0.05, 0) is 39.3 Å². The van der Waals surface area contributed by atoms with Gasteiger partial charge in [0, 0.05) is 25.6 Å². The fraction of sp³-hybridized carbons (Fsp3) is 0.929. The SMILES string of the molecule is CN(CC1CCCN1C)C(=N)C1CCCCC1. The maximum absolute atomic E-state index is 8.33. The Morgan fingerprint density at radius 3 is 2.47 bits per heavy atom. The van der Waals surface area contributed by atoms with Crippen LogP contribution >= 0.6 is 0 Å². The minimum absolute atomic E-state index is 0.542. The van der Waals surface area contributed by atoms with Crippen molar-refractivity contribution < 1.29 is 0 Å². The van der Waals surface area contributed by atoms with Crippen LogP contribution in [0.5, 0.6) is 0 Å². The van der Waals surface area contributed by atoms with Gasteiger partial charge >= 0.3 is 0 Å². The van der Waals surface area contributed by atoms with Crippen molar-refractivity contribution in [3.05, 3.63) is 0 Å². The Bertz CT molecular complexity index is 258. The molecule has 1 saturated heterocycles. The van der Waals surface area contributed by atoms with Crippen LogP contribution in [-0.4, -0.2) is 48.9 Å². The van der Waals surface area contributed by atoms with Gasteiger partial charge in [-0.3, -0.25) is 5.41 Å². The van der Waals surface area contributed by atoms with E-state index in [9.17, 15) is 0 Å². The predicted octanol–water partition coefficient (Wildman–Crippen LogP) is 2.57. The van der Waals surface area contributed by atoms with Crippen LogP contribution in [0.4, 0.5) is 0 Å². The Kier molecular flexibility index (Phi) is 4.43. The standard InChI is InChI=1S/C14H27N3/c1-16-10-6-9-13(16)11-17(2)14(15)12-7-4-3-5-8-12/h12-13,15H,3-11H2,1-2H3. The molecule has 1 atom stereocenters. The monoisotopic (exact) mass is 237 g/mol. The summed E-state index contributed by atoms with van der Waals surface area (Å²) in [5, 5.41) is 8.33. The summed E-state index contributed by atoms with van der Waals surface area (Å²) in [4.78, 5) is 4.66. The summed E-state index contributed by atoms with van der Waals surface area (Å²) < 4.78 is 0. The zero-order valence-electron chi connectivity index (χ0n) is 11.4. The van der Waals surface area contributed by atoms with Gasteiger partial charge in [-0.15, -0.1) is 0 Å². The summed E-state index contributed by atoms with van der Waals surface area (Å²) in [5.41, 5.74) is 0. The van der Waals surface area contributed by atoms with Crippen LogP contribution in [0.1, 0.15) is 44.9 Å². The smallest absolute Gasteiger partial charge is 0.0987 e. The van der Waals surface area contributed by atoms with E-state index in [1.807, 2.05) is 0 Å². The van der Waals surface area contributed by atoms with Gasteiger partial charge in [-0.2, -0.15) is 0 Å². The molecule has 0 aromatic carbocycles. The Labute approximate surface area is 106 Å². The van der Waals surface area contributed by atoms with Crippen molar-refractivity contribution in [2.45, 2.75) is 51.0 Å². The van der Waals surface area contributed by atoms with Crippen molar-refractivity contribution in [3.8, 4) is 0 Å². The number of amidine groups is 1. The molecule has 0 aromatic heterocycles. The van der Waals surface area contributed by atoms with Crippen molar-refractivity contribution in [1.29, 1.82) is 5.41 Å². The average Bonchev–Trinajstić information content (AvgIpc) is 2.75. The molecule has 1 aliphatic heterocycles. The highest BCUT2D eigenvalue weighted by Gasteiger charge is 2.26. The third-order valence-electron chi connectivity index (χ3n) is 4.56. The van der Waals surface area contributed by atoms with Crippen LogP contribution in [0.15, 0.2) is 0 Å². The molecule has 98 valence electrons. The van der Waals surface area contributed by atoms with Crippen molar-refractivity contribution in [2.24, 2.45) is 5.92 Å². The van der Waals surface area contributed by atoms with Crippen LogP contribution < -0.4 is 0 Å². The number of hydrogen-bond donors (Lipinski definition) is 1. The van der Waals surface area contributed by atoms with Gasteiger partial charge in [-0.25, -0.2) is 0 Å². The normalized spacial score (nSPS) is 27.3. The van der Waals surface area contributed by atoms with Crippen molar-refractivity contribution in [3.63, 3.8) is 0 Å². The summed E-state index contributed by atoms with van der Waals surface area (Å²) >= 11 is 0. The largest absolute Gasteiger partial charge is 0.362 e. The van der Waals surface area contributed by atoms with Gasteiger partial charge in [-0.1, -0.05) is 19.3 Å². The summed E-state index contributed by atoms with van der Waals surface area (Å²) in [6.45, 7) is 2.28. The average molecular weight is 237 g/mol. The molecular weight excluding hydrogens is 210 g/mol. The lowest BCUT2D eigenvalue weighted by molar-refractivity contribution is 0.259. The second kappa shape index (κ2) is 5.85. The minimum Gasteiger partial charge on any atom is -0.362 e. The summed E-state index contributed by atoms with van der Waals surface area (Å²) in [6, 6.07) is 0.670. The lowest BCUT2D eigenvalue weighted by atomic mass is 9.88. The molecule has 2 rings (SSSR count). The molecule has 1 N–H and O–H groups in total. The summed E-state index contributed by atoms with van der Waals surface area (Å²) in [6.07, 6.45) is 9.13. The number of rotatable bonds is 3. The quantitative estimate of drug-likeness (QED) is 0.604. The molecule has 1 heterocycles. The number of nitrogens with zero attached hydrogens (tertiary/aromatic N) is 2. The molecule has 0 aromatic rings. The zero-order chi connectivity index (χ0) is 12.3. The Hall–Kier alpha value is -0.570. The maximum Gasteiger partial charge on any atom is 0.0987 e. The second-order valence-corrected chi connectivity index (χ2v) is 5.88. The van der Waals surface area contributed by atoms with Gasteiger partial charge in [0.1, 0.15) is 0 Å². The van der Waals surface area contributed by atoms with Gasteiger partial charge in [0.2, 0.25) is 0 Å². The molecule has 1 unspecified atom stereocenters. The summed E-state index contributed by atoms with van der Waals surface area (Å²) in [7, 11) is 4.33. The fourth-order valence-electron chi connectivity index (χ4n) is 3.31. The Morgan fingerprint density at radius 1 is 1.18 bits per heavy atom. The van der Waals surface area contributed by atoms with Crippen molar-refractivity contribution >= 4 is 5.84 Å². The molecule has 2 fully saturated rings. The zero-order valence-corrected chi connectivity index (χ0v) is 11.4. The first kappa shape index (κ1) is 12.9. The van der Waals surface area contributed by atoms with Crippen molar-refractivity contribution in [1.82, 2.24) is 9.80 Å². The molecule has 0 bridgehead atoms. The number of nitrogens with one attached hydrogen (secondary N) is 1. The van der Waals surface area contributed by atoms with E-state index in [1.54, 1.807) is 0 Å². The van der Waals surface area contributed by atoms with Crippen LogP contribution in [0.3, 0.4) is 0 Å². The minimum atomic E-state index is 0.542. The maximum atomic E-state index is 8.33. The van der Waals surface area contributed by atoms with E-state index in [4.69, 9.17) is 5.41 Å².